The molecule has 0 saturated carbocycles. The molecule has 0 spiro atoms. The molecular weight excluding hydrogens is 296 g/mol. The van der Waals surface area contributed by atoms with E-state index in [-0.39, 0.29) is 0 Å². The number of nitrogens with one attached hydrogen (secondary N) is 1. The lowest BCUT2D eigenvalue weighted by Gasteiger charge is -2.12. The fourth-order valence-corrected chi connectivity index (χ4v) is 1.86. The maximum atomic E-state index is 5.91. The topological polar surface area (TPSA) is 73.1 Å². The van der Waals surface area contributed by atoms with Gasteiger partial charge in [0.15, 0.2) is 5.82 Å². The Morgan fingerprint density at radius 3 is 2.83 bits per heavy atom. The monoisotopic (exact) mass is 308 g/mol. The fourth-order valence-electron chi connectivity index (χ4n) is 1.50. The Bertz CT molecular complexity index is 574. The highest BCUT2D eigenvalue weighted by Crippen LogP contribution is 2.29. The predicted octanol–water partition coefficient (Wildman–Crippen LogP) is 2.88. The van der Waals surface area contributed by atoms with E-state index in [0.717, 1.165) is 15.7 Å². The number of methoxy groups -OCH3 is 1. The van der Waals surface area contributed by atoms with Crippen molar-refractivity contribution in [1.29, 1.82) is 0 Å². The van der Waals surface area contributed by atoms with Crippen molar-refractivity contribution in [1.82, 2.24) is 9.97 Å². The van der Waals surface area contributed by atoms with Crippen LogP contribution in [-0.2, 0) is 0 Å². The summed E-state index contributed by atoms with van der Waals surface area (Å²) in [6, 6.07) is 5.94. The average Bonchev–Trinajstić information content (AvgIpc) is 2.36. The molecule has 1 aromatic heterocycles. The van der Waals surface area contributed by atoms with Gasteiger partial charge < -0.3 is 15.8 Å². The second kappa shape index (κ2) is 5.22. The van der Waals surface area contributed by atoms with Crippen LogP contribution in [-0.4, -0.2) is 17.1 Å². The molecule has 0 aliphatic heterocycles. The summed E-state index contributed by atoms with van der Waals surface area (Å²) in [5, 5.41) is 3.17. The van der Waals surface area contributed by atoms with Crippen molar-refractivity contribution >= 4 is 33.1 Å². The van der Waals surface area contributed by atoms with Crippen molar-refractivity contribution in [2.75, 3.05) is 18.2 Å². The number of aromatic nitrogens is 2. The first-order chi connectivity index (χ1) is 8.61. The molecule has 0 saturated heterocycles. The van der Waals surface area contributed by atoms with E-state index in [2.05, 4.69) is 31.2 Å². The number of nitrogens with two attached hydrogens (primary N) is 1. The average molecular weight is 309 g/mol. The second-order valence-corrected chi connectivity index (χ2v) is 4.65. The Kier molecular flexibility index (Phi) is 3.66. The molecular formula is C12H13BrN4O. The minimum absolute atomic E-state index is 0.361. The van der Waals surface area contributed by atoms with E-state index in [1.165, 1.54) is 13.4 Å². The normalized spacial score (nSPS) is 10.2. The first-order valence-electron chi connectivity index (χ1n) is 5.29. The van der Waals surface area contributed by atoms with E-state index in [0.29, 0.717) is 17.4 Å². The van der Waals surface area contributed by atoms with E-state index in [1.807, 2.05) is 25.1 Å². The number of benzene rings is 1. The number of halogens is 1. The molecule has 3 N–H and O–H groups in total. The number of hydrogen-bond acceptors (Lipinski definition) is 5. The van der Waals surface area contributed by atoms with E-state index in [9.17, 15) is 0 Å². The Morgan fingerprint density at radius 2 is 2.11 bits per heavy atom. The van der Waals surface area contributed by atoms with Crippen LogP contribution < -0.4 is 15.8 Å². The lowest BCUT2D eigenvalue weighted by Crippen LogP contribution is -2.03. The van der Waals surface area contributed by atoms with E-state index >= 15 is 0 Å². The van der Waals surface area contributed by atoms with Crippen LogP contribution in [0.2, 0.25) is 0 Å². The number of rotatable bonds is 3. The summed E-state index contributed by atoms with van der Waals surface area (Å²) in [7, 11) is 1.52. The zero-order valence-corrected chi connectivity index (χ0v) is 11.7. The minimum Gasteiger partial charge on any atom is -0.479 e. The molecule has 0 bridgehead atoms. The zero-order valence-electron chi connectivity index (χ0n) is 10.1. The number of nitrogen functional groups attached to an aromatic ring is 1. The van der Waals surface area contributed by atoms with E-state index in [1.54, 1.807) is 0 Å². The number of aryl methyl sites for hydroxylation is 1. The summed E-state index contributed by atoms with van der Waals surface area (Å²) in [6.07, 6.45) is 1.41. The third-order valence-electron chi connectivity index (χ3n) is 2.49. The highest BCUT2D eigenvalue weighted by atomic mass is 79.9. The first kappa shape index (κ1) is 12.6. The van der Waals surface area contributed by atoms with Crippen LogP contribution in [0, 0.1) is 6.92 Å². The van der Waals surface area contributed by atoms with Gasteiger partial charge in [0, 0.05) is 10.2 Å². The molecule has 0 amide bonds. The molecule has 6 heteroatoms. The second-order valence-electron chi connectivity index (χ2n) is 3.73. The van der Waals surface area contributed by atoms with Crippen molar-refractivity contribution in [3.05, 3.63) is 34.6 Å². The molecule has 0 radical (unpaired) electrons. The van der Waals surface area contributed by atoms with Gasteiger partial charge in [-0.2, -0.15) is 4.98 Å². The lowest BCUT2D eigenvalue weighted by atomic mass is 10.2. The maximum absolute atomic E-state index is 5.91. The summed E-state index contributed by atoms with van der Waals surface area (Å²) in [4.78, 5) is 8.04. The zero-order chi connectivity index (χ0) is 13.1. The molecule has 2 rings (SSSR count). The number of ether oxygens (including phenoxy) is 1. The molecule has 18 heavy (non-hydrogen) atoms. The molecule has 0 aliphatic carbocycles. The maximum Gasteiger partial charge on any atom is 0.242 e. The predicted molar refractivity (Wildman–Crippen MR) is 75.2 cm³/mol. The van der Waals surface area contributed by atoms with Crippen LogP contribution in [0.5, 0.6) is 5.88 Å². The number of hydrogen-bond donors (Lipinski definition) is 2. The first-order valence-corrected chi connectivity index (χ1v) is 6.08. The van der Waals surface area contributed by atoms with Gasteiger partial charge in [-0.1, -0.05) is 22.0 Å². The van der Waals surface area contributed by atoms with Crippen LogP contribution in [0.25, 0.3) is 0 Å². The molecule has 0 fully saturated rings. The molecule has 0 unspecified atom stereocenters. The third kappa shape index (κ3) is 2.53. The van der Waals surface area contributed by atoms with Gasteiger partial charge in [-0.3, -0.25) is 0 Å². The van der Waals surface area contributed by atoms with Crippen LogP contribution in [0.1, 0.15) is 5.56 Å². The highest BCUT2D eigenvalue weighted by Gasteiger charge is 2.09. The summed E-state index contributed by atoms with van der Waals surface area (Å²) in [5.74, 6) is 0.892. The minimum atomic E-state index is 0.361. The van der Waals surface area contributed by atoms with Crippen LogP contribution >= 0.6 is 15.9 Å². The summed E-state index contributed by atoms with van der Waals surface area (Å²) in [6.45, 7) is 2.00. The van der Waals surface area contributed by atoms with Gasteiger partial charge in [0.05, 0.1) is 7.11 Å². The van der Waals surface area contributed by atoms with Gasteiger partial charge >= 0.3 is 0 Å². The van der Waals surface area contributed by atoms with Crippen LogP contribution in [0.4, 0.5) is 17.2 Å². The summed E-state index contributed by atoms with van der Waals surface area (Å²) in [5.41, 5.74) is 8.31. The van der Waals surface area contributed by atoms with Gasteiger partial charge in [-0.25, -0.2) is 4.98 Å². The Morgan fingerprint density at radius 1 is 1.33 bits per heavy atom. The van der Waals surface area contributed by atoms with Crippen molar-refractivity contribution in [3.8, 4) is 5.88 Å². The Labute approximate surface area is 114 Å². The van der Waals surface area contributed by atoms with Crippen LogP contribution in [0.3, 0.4) is 0 Å². The number of anilines is 3. The SMILES string of the molecule is COc1ncnc(Nc2cc(Br)ccc2C)c1N. The van der Waals surface area contributed by atoms with E-state index in [4.69, 9.17) is 10.5 Å². The Balaban J connectivity index is 2.37. The van der Waals surface area contributed by atoms with Gasteiger partial charge in [0.2, 0.25) is 5.88 Å². The molecule has 1 aromatic carbocycles. The molecule has 94 valence electrons. The van der Waals surface area contributed by atoms with Crippen molar-refractivity contribution < 1.29 is 4.74 Å². The van der Waals surface area contributed by atoms with E-state index < -0.39 is 0 Å². The standard InChI is InChI=1S/C12H13BrN4O/c1-7-3-4-8(13)5-9(7)17-11-10(14)12(18-2)16-6-15-11/h3-6H,14H2,1-2H3,(H,15,16,17). The van der Waals surface area contributed by atoms with Gasteiger partial charge in [0.25, 0.3) is 0 Å². The van der Waals surface area contributed by atoms with Gasteiger partial charge in [-0.05, 0) is 24.6 Å². The van der Waals surface area contributed by atoms with Gasteiger partial charge in [-0.15, -0.1) is 0 Å². The smallest absolute Gasteiger partial charge is 0.242 e. The van der Waals surface area contributed by atoms with Crippen molar-refractivity contribution in [3.63, 3.8) is 0 Å². The molecule has 0 atom stereocenters. The summed E-state index contributed by atoms with van der Waals surface area (Å²) < 4.78 is 6.03. The third-order valence-corrected chi connectivity index (χ3v) is 2.99. The molecule has 1 heterocycles. The molecule has 5 nitrogen and oxygen atoms in total. The molecule has 0 aliphatic rings. The largest absolute Gasteiger partial charge is 0.479 e. The lowest BCUT2D eigenvalue weighted by molar-refractivity contribution is 0.399. The number of nitrogens with zero attached hydrogens (tertiary/aromatic N) is 2. The summed E-state index contributed by atoms with van der Waals surface area (Å²) >= 11 is 3.43. The van der Waals surface area contributed by atoms with Gasteiger partial charge in [0.1, 0.15) is 12.0 Å². The Hall–Kier alpha value is -1.82. The quantitative estimate of drug-likeness (QED) is 0.912. The van der Waals surface area contributed by atoms with Crippen molar-refractivity contribution in [2.24, 2.45) is 0 Å². The van der Waals surface area contributed by atoms with Crippen LogP contribution in [0.15, 0.2) is 29.0 Å². The molecule has 2 aromatic rings. The highest BCUT2D eigenvalue weighted by molar-refractivity contribution is 9.10. The van der Waals surface area contributed by atoms with Crippen molar-refractivity contribution in [2.45, 2.75) is 6.92 Å². The fraction of sp³-hybridized carbons (Fsp3) is 0.167.